The van der Waals surface area contributed by atoms with E-state index in [0.717, 1.165) is 0 Å². The molecule has 0 bridgehead atoms. The first-order valence-electron chi connectivity index (χ1n) is 1.47. The predicted octanol–water partition coefficient (Wildman–Crippen LogP) is 0.744. The van der Waals surface area contributed by atoms with Crippen LogP contribution < -0.4 is 0 Å². The van der Waals surface area contributed by atoms with E-state index in [1.807, 2.05) is 12.1 Å². The zero-order valence-electron chi connectivity index (χ0n) is 3.72. The second kappa shape index (κ2) is 3.47. The molecule has 0 spiro atoms. The first kappa shape index (κ1) is 6.28. The molecule has 1 aromatic rings. The van der Waals surface area contributed by atoms with Crippen LogP contribution in [0.1, 0.15) is 1.43 Å². The molecule has 6 heavy (non-hydrogen) atoms. The fraction of sp³-hybridized carbons (Fsp3) is 0. The van der Waals surface area contributed by atoms with Crippen molar-refractivity contribution in [1.82, 2.24) is 0 Å². The van der Waals surface area contributed by atoms with Crippen molar-refractivity contribution >= 4 is 29.6 Å². The SMILES string of the molecule is [H+].[NaH].c1ccoc1. The summed E-state index contributed by atoms with van der Waals surface area (Å²) >= 11 is 0. The second-order valence-corrected chi connectivity index (χ2v) is 0.793. The minimum absolute atomic E-state index is 0. The van der Waals surface area contributed by atoms with Gasteiger partial charge in [-0.05, 0) is 12.1 Å². The summed E-state index contributed by atoms with van der Waals surface area (Å²) in [5.41, 5.74) is 0. The van der Waals surface area contributed by atoms with Crippen molar-refractivity contribution in [3.63, 3.8) is 0 Å². The van der Waals surface area contributed by atoms with Crippen LogP contribution in [0.5, 0.6) is 0 Å². The van der Waals surface area contributed by atoms with E-state index in [-0.39, 0.29) is 31.0 Å². The van der Waals surface area contributed by atoms with Crippen LogP contribution in [-0.4, -0.2) is 29.6 Å². The summed E-state index contributed by atoms with van der Waals surface area (Å²) in [6.45, 7) is 0. The number of hydrogen-bond donors (Lipinski definition) is 0. The maximum atomic E-state index is 4.58. The first-order valence-corrected chi connectivity index (χ1v) is 1.47. The minimum atomic E-state index is 0. The standard InChI is InChI=1S/C4H4O.Na.H/c1-2-4-5-3-1;;/h1-4H;;/p+1. The summed E-state index contributed by atoms with van der Waals surface area (Å²) in [7, 11) is 0. The average molecular weight is 93.1 g/mol. The van der Waals surface area contributed by atoms with Gasteiger partial charge in [0, 0.05) is 0 Å². The normalized spacial score (nSPS) is 6.67. The summed E-state index contributed by atoms with van der Waals surface area (Å²) in [5.74, 6) is 0. The Kier molecular flexibility index (Phi) is 3.63. The van der Waals surface area contributed by atoms with Gasteiger partial charge in [0.05, 0.1) is 12.5 Å². The molecule has 0 aliphatic heterocycles. The minimum Gasteiger partial charge on any atom is -0.473 e. The molecule has 0 aliphatic rings. The van der Waals surface area contributed by atoms with Gasteiger partial charge in [0.15, 0.2) is 0 Å². The topological polar surface area (TPSA) is 13.1 Å². The molecule has 1 nitrogen and oxygen atoms in total. The van der Waals surface area contributed by atoms with Gasteiger partial charge in [0.1, 0.15) is 0 Å². The van der Waals surface area contributed by atoms with Gasteiger partial charge in [-0.25, -0.2) is 0 Å². The molecule has 1 heterocycles. The summed E-state index contributed by atoms with van der Waals surface area (Å²) in [6.07, 6.45) is 3.25. The van der Waals surface area contributed by atoms with Crippen LogP contribution in [0, 0.1) is 0 Å². The Morgan fingerprint density at radius 3 is 1.83 bits per heavy atom. The fourth-order valence-electron chi connectivity index (χ4n) is 0.227. The third kappa shape index (κ3) is 1.65. The van der Waals surface area contributed by atoms with Crippen LogP contribution in [0.4, 0.5) is 0 Å². The largest absolute Gasteiger partial charge is 0.473 e. The van der Waals surface area contributed by atoms with Crippen LogP contribution in [0.3, 0.4) is 0 Å². The Morgan fingerprint density at radius 1 is 1.17 bits per heavy atom. The van der Waals surface area contributed by atoms with Gasteiger partial charge in [-0.2, -0.15) is 0 Å². The third-order valence-electron chi connectivity index (χ3n) is 0.425. The molecule has 1 rings (SSSR count). The van der Waals surface area contributed by atoms with E-state index in [0.29, 0.717) is 0 Å². The molecular formula is C4H6NaO+. The predicted molar refractivity (Wildman–Crippen MR) is 27.0 cm³/mol. The Morgan fingerprint density at radius 2 is 1.67 bits per heavy atom. The molecule has 0 N–H and O–H groups in total. The third-order valence-corrected chi connectivity index (χ3v) is 0.425. The van der Waals surface area contributed by atoms with E-state index < -0.39 is 0 Å². The van der Waals surface area contributed by atoms with E-state index in [1.165, 1.54) is 0 Å². The molecule has 0 fully saturated rings. The molecule has 0 radical (unpaired) electrons. The zero-order chi connectivity index (χ0) is 3.54. The van der Waals surface area contributed by atoms with Crippen LogP contribution in [0.25, 0.3) is 0 Å². The van der Waals surface area contributed by atoms with Crippen LogP contribution in [-0.2, 0) is 0 Å². The Bertz CT molecular complexity index is 68.2. The van der Waals surface area contributed by atoms with E-state index >= 15 is 0 Å². The van der Waals surface area contributed by atoms with Gasteiger partial charge in [0.25, 0.3) is 0 Å². The van der Waals surface area contributed by atoms with Crippen LogP contribution in [0.2, 0.25) is 0 Å². The van der Waals surface area contributed by atoms with Crippen molar-refractivity contribution in [2.45, 2.75) is 0 Å². The summed E-state index contributed by atoms with van der Waals surface area (Å²) in [4.78, 5) is 0. The molecule has 0 amide bonds. The van der Waals surface area contributed by atoms with Crippen molar-refractivity contribution in [3.8, 4) is 0 Å². The van der Waals surface area contributed by atoms with Crippen LogP contribution in [0.15, 0.2) is 29.1 Å². The number of hydrogen-bond acceptors (Lipinski definition) is 1. The summed E-state index contributed by atoms with van der Waals surface area (Å²) in [6, 6.07) is 3.67. The molecule has 0 atom stereocenters. The van der Waals surface area contributed by atoms with E-state index in [1.54, 1.807) is 12.5 Å². The molecule has 0 aliphatic carbocycles. The Labute approximate surface area is 60.1 Å². The van der Waals surface area contributed by atoms with Gasteiger partial charge in [-0.3, -0.25) is 0 Å². The summed E-state index contributed by atoms with van der Waals surface area (Å²) in [5, 5.41) is 0. The molecule has 0 aromatic carbocycles. The van der Waals surface area contributed by atoms with Gasteiger partial charge >= 0.3 is 31.0 Å². The second-order valence-electron chi connectivity index (χ2n) is 0.793. The molecule has 0 saturated heterocycles. The van der Waals surface area contributed by atoms with E-state index in [4.69, 9.17) is 0 Å². The molecule has 0 unspecified atom stereocenters. The number of furan rings is 1. The molecule has 2 heteroatoms. The maximum Gasteiger partial charge on any atom is 0.0902 e. The molecule has 0 saturated carbocycles. The van der Waals surface area contributed by atoms with Crippen molar-refractivity contribution < 1.29 is 5.84 Å². The van der Waals surface area contributed by atoms with Gasteiger partial charge < -0.3 is 4.42 Å². The maximum absolute atomic E-state index is 4.58. The van der Waals surface area contributed by atoms with Gasteiger partial charge in [0.2, 0.25) is 0 Å². The Hall–Kier alpha value is 0.280. The van der Waals surface area contributed by atoms with Crippen molar-refractivity contribution in [3.05, 3.63) is 24.7 Å². The van der Waals surface area contributed by atoms with Crippen LogP contribution >= 0.6 is 0 Å². The van der Waals surface area contributed by atoms with Crippen molar-refractivity contribution in [1.29, 1.82) is 0 Å². The van der Waals surface area contributed by atoms with E-state index in [2.05, 4.69) is 4.42 Å². The van der Waals surface area contributed by atoms with E-state index in [9.17, 15) is 0 Å². The quantitative estimate of drug-likeness (QED) is 0.431. The first-order chi connectivity index (χ1) is 2.50. The van der Waals surface area contributed by atoms with Gasteiger partial charge in [-0.15, -0.1) is 0 Å². The molecule has 28 valence electrons. The number of rotatable bonds is 0. The monoisotopic (exact) mass is 93.0 g/mol. The van der Waals surface area contributed by atoms with Crippen molar-refractivity contribution in [2.75, 3.05) is 0 Å². The fourth-order valence-corrected chi connectivity index (χ4v) is 0.227. The van der Waals surface area contributed by atoms with Crippen molar-refractivity contribution in [2.24, 2.45) is 0 Å². The smallest absolute Gasteiger partial charge is 0.0902 e. The summed E-state index contributed by atoms with van der Waals surface area (Å²) < 4.78 is 4.58. The molecule has 1 aromatic heterocycles. The average Bonchev–Trinajstić information content (AvgIpc) is 1.76. The zero-order valence-corrected chi connectivity index (χ0v) is 2.72. The Balaban J connectivity index is 0. The van der Waals surface area contributed by atoms with Gasteiger partial charge in [-0.1, -0.05) is 0 Å². The molecular weight excluding hydrogens is 87.0 g/mol.